The van der Waals surface area contributed by atoms with Gasteiger partial charge in [-0.15, -0.1) is 11.6 Å². The lowest BCUT2D eigenvalue weighted by Crippen LogP contribution is -2.09. The number of carbonyl (C=O) groups is 2. The van der Waals surface area contributed by atoms with Crippen LogP contribution in [0.4, 0.5) is 5.69 Å². The maximum absolute atomic E-state index is 11.0. The van der Waals surface area contributed by atoms with Gasteiger partial charge in [0.05, 0.1) is 12.8 Å². The van der Waals surface area contributed by atoms with Crippen molar-refractivity contribution >= 4 is 29.2 Å². The molecule has 1 unspecified atom stereocenters. The van der Waals surface area contributed by atoms with Crippen molar-refractivity contribution in [1.29, 1.82) is 0 Å². The Morgan fingerprint density at radius 3 is 2.59 bits per heavy atom. The highest BCUT2D eigenvalue weighted by molar-refractivity contribution is 6.29. The van der Waals surface area contributed by atoms with E-state index in [4.69, 9.17) is 21.4 Å². The van der Waals surface area contributed by atoms with Crippen LogP contribution in [0, 0.1) is 0 Å². The Bertz CT molecular complexity index is 447. The highest BCUT2D eigenvalue weighted by atomic mass is 35.5. The molecule has 0 saturated heterocycles. The molecular formula is C11H12ClNO4. The van der Waals surface area contributed by atoms with Crippen molar-refractivity contribution in [3.8, 4) is 5.75 Å². The predicted molar refractivity (Wildman–Crippen MR) is 63.5 cm³/mol. The number of methoxy groups -OCH3 is 1. The maximum Gasteiger partial charge on any atom is 0.326 e. The Balaban J connectivity index is 3.12. The summed E-state index contributed by atoms with van der Waals surface area (Å²) in [5.74, 6) is -0.981. The third kappa shape index (κ3) is 3.35. The number of carbonyl (C=O) groups excluding carboxylic acids is 1. The lowest BCUT2D eigenvalue weighted by Gasteiger charge is -2.12. The fourth-order valence-corrected chi connectivity index (χ4v) is 1.45. The fraction of sp³-hybridized carbons (Fsp3) is 0.273. The zero-order valence-corrected chi connectivity index (χ0v) is 10.1. The van der Waals surface area contributed by atoms with E-state index in [0.29, 0.717) is 17.0 Å². The number of hydrogen-bond acceptors (Lipinski definition) is 3. The molecule has 1 atom stereocenters. The molecule has 1 aromatic carbocycles. The van der Waals surface area contributed by atoms with Crippen LogP contribution in [-0.4, -0.2) is 24.1 Å². The molecule has 0 aliphatic rings. The zero-order valence-electron chi connectivity index (χ0n) is 9.36. The van der Waals surface area contributed by atoms with E-state index in [1.807, 2.05) is 0 Å². The normalized spacial score (nSPS) is 11.7. The Kier molecular flexibility index (Phi) is 4.34. The van der Waals surface area contributed by atoms with Crippen molar-refractivity contribution in [2.45, 2.75) is 12.3 Å². The van der Waals surface area contributed by atoms with Gasteiger partial charge in [-0.3, -0.25) is 9.59 Å². The van der Waals surface area contributed by atoms with Crippen LogP contribution in [0.5, 0.6) is 5.75 Å². The van der Waals surface area contributed by atoms with Crippen LogP contribution in [-0.2, 0) is 9.59 Å². The Morgan fingerprint density at radius 1 is 1.47 bits per heavy atom. The summed E-state index contributed by atoms with van der Waals surface area (Å²) < 4.78 is 5.04. The molecule has 6 heteroatoms. The number of halogens is 1. The molecule has 1 amide bonds. The molecule has 92 valence electrons. The molecule has 0 saturated carbocycles. The van der Waals surface area contributed by atoms with Gasteiger partial charge >= 0.3 is 5.97 Å². The van der Waals surface area contributed by atoms with Crippen LogP contribution in [0.15, 0.2) is 18.2 Å². The standard InChI is InChI=1S/C11H12ClNO4/c1-6(14)13-8-5-7(10(12)11(15)16)3-4-9(8)17-2/h3-5,10H,1-2H3,(H,13,14)(H,15,16). The van der Waals surface area contributed by atoms with Crippen LogP contribution < -0.4 is 10.1 Å². The lowest BCUT2D eigenvalue weighted by atomic mass is 10.1. The molecule has 17 heavy (non-hydrogen) atoms. The highest BCUT2D eigenvalue weighted by Crippen LogP contribution is 2.30. The molecule has 0 radical (unpaired) electrons. The number of benzene rings is 1. The van der Waals surface area contributed by atoms with E-state index in [1.165, 1.54) is 26.2 Å². The molecule has 0 aromatic heterocycles. The molecule has 1 aromatic rings. The number of carboxylic acids is 1. The van der Waals surface area contributed by atoms with Gasteiger partial charge in [0.25, 0.3) is 0 Å². The van der Waals surface area contributed by atoms with Crippen LogP contribution in [0.3, 0.4) is 0 Å². The summed E-state index contributed by atoms with van der Waals surface area (Å²) in [4.78, 5) is 21.7. The molecule has 2 N–H and O–H groups in total. The topological polar surface area (TPSA) is 75.6 Å². The van der Waals surface area contributed by atoms with Crippen molar-refractivity contribution in [2.75, 3.05) is 12.4 Å². The van der Waals surface area contributed by atoms with E-state index in [-0.39, 0.29) is 5.91 Å². The van der Waals surface area contributed by atoms with Crippen LogP contribution in [0.1, 0.15) is 17.9 Å². The Labute approximate surface area is 103 Å². The summed E-state index contributed by atoms with van der Waals surface area (Å²) in [6, 6.07) is 4.57. The monoisotopic (exact) mass is 257 g/mol. The number of amides is 1. The van der Waals surface area contributed by atoms with Gasteiger partial charge in [0, 0.05) is 6.92 Å². The SMILES string of the molecule is COc1ccc(C(Cl)C(=O)O)cc1NC(C)=O. The van der Waals surface area contributed by atoms with Crippen molar-refractivity contribution in [3.63, 3.8) is 0 Å². The van der Waals surface area contributed by atoms with Crippen molar-refractivity contribution in [1.82, 2.24) is 0 Å². The number of rotatable bonds is 4. The number of nitrogens with one attached hydrogen (secondary N) is 1. The van der Waals surface area contributed by atoms with Gasteiger partial charge in [0.15, 0.2) is 5.38 Å². The second-order valence-electron chi connectivity index (χ2n) is 3.34. The van der Waals surface area contributed by atoms with Gasteiger partial charge in [-0.25, -0.2) is 0 Å². The Morgan fingerprint density at radius 2 is 2.12 bits per heavy atom. The summed E-state index contributed by atoms with van der Waals surface area (Å²) in [7, 11) is 1.45. The van der Waals surface area contributed by atoms with Crippen LogP contribution in [0.25, 0.3) is 0 Å². The minimum Gasteiger partial charge on any atom is -0.495 e. The first-order valence-electron chi connectivity index (χ1n) is 4.78. The summed E-state index contributed by atoms with van der Waals surface area (Å²) in [5.41, 5.74) is 0.771. The van der Waals surface area contributed by atoms with Crippen molar-refractivity contribution in [3.05, 3.63) is 23.8 Å². The first kappa shape index (κ1) is 13.3. The molecule has 0 fully saturated rings. The van der Waals surface area contributed by atoms with Gasteiger partial charge in [0.1, 0.15) is 5.75 Å². The van der Waals surface area contributed by atoms with Gasteiger partial charge < -0.3 is 15.2 Å². The molecule has 0 spiro atoms. The molecule has 0 heterocycles. The molecule has 0 bridgehead atoms. The maximum atomic E-state index is 11.0. The zero-order chi connectivity index (χ0) is 13.0. The predicted octanol–water partition coefficient (Wildman–Crippen LogP) is 2.02. The minimum absolute atomic E-state index is 0.276. The van der Waals surface area contributed by atoms with Gasteiger partial charge in [0.2, 0.25) is 5.91 Å². The number of carboxylic acid groups (broad SMARTS) is 1. The van der Waals surface area contributed by atoms with E-state index in [9.17, 15) is 9.59 Å². The third-order valence-corrected chi connectivity index (χ3v) is 2.48. The van der Waals surface area contributed by atoms with Gasteiger partial charge in [-0.1, -0.05) is 6.07 Å². The van der Waals surface area contributed by atoms with Crippen molar-refractivity contribution < 1.29 is 19.4 Å². The second-order valence-corrected chi connectivity index (χ2v) is 3.78. The van der Waals surface area contributed by atoms with Crippen molar-refractivity contribution in [2.24, 2.45) is 0 Å². The van der Waals surface area contributed by atoms with Crippen LogP contribution >= 0.6 is 11.6 Å². The summed E-state index contributed by atoms with van der Waals surface area (Å²) in [6.45, 7) is 1.35. The van der Waals surface area contributed by atoms with Gasteiger partial charge in [-0.05, 0) is 17.7 Å². The van der Waals surface area contributed by atoms with Gasteiger partial charge in [-0.2, -0.15) is 0 Å². The summed E-state index contributed by atoms with van der Waals surface area (Å²) >= 11 is 5.69. The van der Waals surface area contributed by atoms with E-state index in [2.05, 4.69) is 5.32 Å². The first-order valence-corrected chi connectivity index (χ1v) is 5.21. The number of ether oxygens (including phenoxy) is 1. The van der Waals surface area contributed by atoms with E-state index in [1.54, 1.807) is 6.07 Å². The molecular weight excluding hydrogens is 246 g/mol. The minimum atomic E-state index is -1.16. The summed E-state index contributed by atoms with van der Waals surface area (Å²) in [6.07, 6.45) is 0. The smallest absolute Gasteiger partial charge is 0.326 e. The number of hydrogen-bond donors (Lipinski definition) is 2. The highest BCUT2D eigenvalue weighted by Gasteiger charge is 2.18. The second kappa shape index (κ2) is 5.54. The molecule has 0 aliphatic heterocycles. The van der Waals surface area contributed by atoms with E-state index in [0.717, 1.165) is 0 Å². The first-order chi connectivity index (χ1) is 7.95. The number of aliphatic carboxylic acids is 1. The average Bonchev–Trinajstić information content (AvgIpc) is 2.27. The number of alkyl halides is 1. The fourth-order valence-electron chi connectivity index (χ4n) is 1.31. The molecule has 0 aliphatic carbocycles. The van der Waals surface area contributed by atoms with Crippen LogP contribution in [0.2, 0.25) is 0 Å². The quantitative estimate of drug-likeness (QED) is 0.809. The largest absolute Gasteiger partial charge is 0.495 e. The number of anilines is 1. The average molecular weight is 258 g/mol. The van der Waals surface area contributed by atoms with E-state index >= 15 is 0 Å². The lowest BCUT2D eigenvalue weighted by molar-refractivity contribution is -0.136. The summed E-state index contributed by atoms with van der Waals surface area (Å²) in [5, 5.41) is 10.2. The van der Waals surface area contributed by atoms with E-state index < -0.39 is 11.3 Å². The Hall–Kier alpha value is -1.75. The third-order valence-electron chi connectivity index (χ3n) is 2.04. The molecule has 5 nitrogen and oxygen atoms in total. The molecule has 1 rings (SSSR count).